The molecule has 0 aromatic carbocycles. The lowest BCUT2D eigenvalue weighted by molar-refractivity contribution is -0.0287. The second-order valence-electron chi connectivity index (χ2n) is 7.23. The first kappa shape index (κ1) is 16.3. The van der Waals surface area contributed by atoms with Gasteiger partial charge in [-0.05, 0) is 63.2 Å². The second-order valence-corrected chi connectivity index (χ2v) is 7.23. The molecule has 0 spiro atoms. The van der Waals surface area contributed by atoms with E-state index in [1.165, 1.54) is 51.4 Å². The number of aliphatic hydroxyl groups is 1. The molecule has 20 heavy (non-hydrogen) atoms. The number of ether oxygens (including phenoxy) is 1. The summed E-state index contributed by atoms with van der Waals surface area (Å²) >= 11 is 0. The van der Waals surface area contributed by atoms with Crippen LogP contribution in [0.1, 0.15) is 65.2 Å². The van der Waals surface area contributed by atoms with Gasteiger partial charge in [0.15, 0.2) is 0 Å². The van der Waals surface area contributed by atoms with E-state index < -0.39 is 0 Å². The summed E-state index contributed by atoms with van der Waals surface area (Å²) < 4.78 is 5.86. The third-order valence-electron chi connectivity index (χ3n) is 5.15. The molecule has 2 rings (SSSR count). The molecule has 2 fully saturated rings. The van der Waals surface area contributed by atoms with Crippen LogP contribution in [0.2, 0.25) is 0 Å². The molecule has 2 N–H and O–H groups in total. The average Bonchev–Trinajstić information content (AvgIpc) is 2.46. The third-order valence-corrected chi connectivity index (χ3v) is 5.15. The summed E-state index contributed by atoms with van der Waals surface area (Å²) in [6.07, 6.45) is 10.1. The van der Waals surface area contributed by atoms with Gasteiger partial charge in [-0.3, -0.25) is 0 Å². The summed E-state index contributed by atoms with van der Waals surface area (Å²) in [6.45, 7) is 5.83. The maximum absolute atomic E-state index is 10.0. The summed E-state index contributed by atoms with van der Waals surface area (Å²) in [7, 11) is 0. The summed E-state index contributed by atoms with van der Waals surface area (Å²) in [5.74, 6) is 1.74. The highest BCUT2D eigenvalue weighted by atomic mass is 16.5. The van der Waals surface area contributed by atoms with Crippen LogP contribution in [-0.2, 0) is 4.74 Å². The molecule has 0 amide bonds. The van der Waals surface area contributed by atoms with E-state index >= 15 is 0 Å². The van der Waals surface area contributed by atoms with Gasteiger partial charge in [0.05, 0.1) is 18.8 Å². The Balaban J connectivity index is 1.53. The molecule has 1 unspecified atom stereocenters. The Morgan fingerprint density at radius 3 is 2.10 bits per heavy atom. The van der Waals surface area contributed by atoms with Crippen LogP contribution in [0.3, 0.4) is 0 Å². The van der Waals surface area contributed by atoms with E-state index in [9.17, 15) is 5.11 Å². The molecule has 3 nitrogen and oxygen atoms in total. The first-order chi connectivity index (χ1) is 9.63. The predicted molar refractivity (Wildman–Crippen MR) is 82.8 cm³/mol. The van der Waals surface area contributed by atoms with Crippen molar-refractivity contribution in [2.45, 2.75) is 83.5 Å². The molecule has 1 atom stereocenters. The highest BCUT2D eigenvalue weighted by molar-refractivity contribution is 4.77. The summed E-state index contributed by atoms with van der Waals surface area (Å²) in [6, 6.07) is 0.608. The van der Waals surface area contributed by atoms with Crippen LogP contribution in [0.4, 0.5) is 0 Å². The van der Waals surface area contributed by atoms with Crippen LogP contribution in [0, 0.1) is 11.8 Å². The lowest BCUT2D eigenvalue weighted by Gasteiger charge is -2.29. The van der Waals surface area contributed by atoms with Crippen LogP contribution in [0.25, 0.3) is 0 Å². The lowest BCUT2D eigenvalue weighted by Crippen LogP contribution is -2.40. The molecular weight excluding hydrogens is 250 g/mol. The van der Waals surface area contributed by atoms with Crippen molar-refractivity contribution >= 4 is 0 Å². The van der Waals surface area contributed by atoms with E-state index in [1.807, 2.05) is 0 Å². The molecule has 3 heteroatoms. The molecule has 0 aromatic rings. The number of aliphatic hydroxyl groups excluding tert-OH is 1. The zero-order chi connectivity index (χ0) is 14.4. The normalized spacial score (nSPS) is 36.8. The molecule has 0 bridgehead atoms. The van der Waals surface area contributed by atoms with Gasteiger partial charge in [0.1, 0.15) is 0 Å². The number of rotatable bonds is 6. The van der Waals surface area contributed by atoms with Crippen molar-refractivity contribution < 1.29 is 9.84 Å². The molecule has 0 aromatic heterocycles. The van der Waals surface area contributed by atoms with Crippen molar-refractivity contribution in [3.8, 4) is 0 Å². The Hall–Kier alpha value is -0.120. The van der Waals surface area contributed by atoms with Gasteiger partial charge >= 0.3 is 0 Å². The molecule has 2 aliphatic carbocycles. The van der Waals surface area contributed by atoms with Crippen molar-refractivity contribution in [3.05, 3.63) is 0 Å². The van der Waals surface area contributed by atoms with Crippen LogP contribution in [-0.4, -0.2) is 36.5 Å². The van der Waals surface area contributed by atoms with Crippen LogP contribution < -0.4 is 5.32 Å². The maximum Gasteiger partial charge on any atom is 0.0897 e. The summed E-state index contributed by atoms with van der Waals surface area (Å²) in [4.78, 5) is 0. The van der Waals surface area contributed by atoms with E-state index in [0.29, 0.717) is 25.3 Å². The zero-order valence-corrected chi connectivity index (χ0v) is 13.3. The molecule has 0 heterocycles. The fraction of sp³-hybridized carbons (Fsp3) is 1.00. The minimum atomic E-state index is -0.353. The van der Waals surface area contributed by atoms with Gasteiger partial charge < -0.3 is 15.2 Å². The molecule has 2 saturated carbocycles. The van der Waals surface area contributed by atoms with Crippen molar-refractivity contribution in [1.82, 2.24) is 5.32 Å². The number of hydrogen-bond acceptors (Lipinski definition) is 3. The van der Waals surface area contributed by atoms with Crippen LogP contribution in [0.5, 0.6) is 0 Å². The Morgan fingerprint density at radius 1 is 0.950 bits per heavy atom. The topological polar surface area (TPSA) is 41.5 Å². The van der Waals surface area contributed by atoms with Gasteiger partial charge in [0, 0.05) is 12.6 Å². The van der Waals surface area contributed by atoms with Gasteiger partial charge in [-0.15, -0.1) is 0 Å². The minimum absolute atomic E-state index is 0.353. The fourth-order valence-corrected chi connectivity index (χ4v) is 3.47. The SMILES string of the molecule is CC1CCC(NCC(O)COC2CCC(C)CC2)CC1. The van der Waals surface area contributed by atoms with E-state index in [-0.39, 0.29) is 6.10 Å². The van der Waals surface area contributed by atoms with Crippen molar-refractivity contribution in [2.75, 3.05) is 13.2 Å². The van der Waals surface area contributed by atoms with Crippen LogP contribution in [0.15, 0.2) is 0 Å². The highest BCUT2D eigenvalue weighted by Gasteiger charge is 2.21. The van der Waals surface area contributed by atoms with Crippen molar-refractivity contribution in [3.63, 3.8) is 0 Å². The Bertz CT molecular complexity index is 230. The van der Waals surface area contributed by atoms with Gasteiger partial charge in [-0.2, -0.15) is 0 Å². The monoisotopic (exact) mass is 283 g/mol. The predicted octanol–water partition coefficient (Wildman–Crippen LogP) is 3.11. The lowest BCUT2D eigenvalue weighted by atomic mass is 9.87. The van der Waals surface area contributed by atoms with Gasteiger partial charge in [0.25, 0.3) is 0 Å². The molecule has 0 aliphatic heterocycles. The first-order valence-corrected chi connectivity index (χ1v) is 8.66. The van der Waals surface area contributed by atoms with E-state index in [1.54, 1.807) is 0 Å². The summed E-state index contributed by atoms with van der Waals surface area (Å²) in [5, 5.41) is 13.5. The largest absolute Gasteiger partial charge is 0.389 e. The molecule has 2 aliphatic rings. The first-order valence-electron chi connectivity index (χ1n) is 8.66. The maximum atomic E-state index is 10.0. The molecule has 0 radical (unpaired) electrons. The highest BCUT2D eigenvalue weighted by Crippen LogP contribution is 2.25. The minimum Gasteiger partial charge on any atom is -0.389 e. The Labute approximate surface area is 124 Å². The summed E-state index contributed by atoms with van der Waals surface area (Å²) in [5.41, 5.74) is 0. The van der Waals surface area contributed by atoms with E-state index in [4.69, 9.17) is 4.74 Å². The molecular formula is C17H33NO2. The Kier molecular flexibility index (Phi) is 6.79. The smallest absolute Gasteiger partial charge is 0.0897 e. The van der Waals surface area contributed by atoms with Crippen molar-refractivity contribution in [1.29, 1.82) is 0 Å². The second kappa shape index (κ2) is 8.35. The third kappa shape index (κ3) is 5.71. The van der Waals surface area contributed by atoms with Crippen molar-refractivity contribution in [2.24, 2.45) is 11.8 Å². The zero-order valence-electron chi connectivity index (χ0n) is 13.3. The van der Waals surface area contributed by atoms with E-state index in [0.717, 1.165) is 11.8 Å². The fourth-order valence-electron chi connectivity index (χ4n) is 3.47. The van der Waals surface area contributed by atoms with Gasteiger partial charge in [0.2, 0.25) is 0 Å². The quantitative estimate of drug-likeness (QED) is 0.787. The standard InChI is InChI=1S/C17H33NO2/c1-13-3-7-15(8-4-13)18-11-16(19)12-20-17-9-5-14(2)6-10-17/h13-19H,3-12H2,1-2H3. The number of nitrogens with one attached hydrogen (secondary N) is 1. The Morgan fingerprint density at radius 2 is 1.50 bits per heavy atom. The van der Waals surface area contributed by atoms with Gasteiger partial charge in [-0.1, -0.05) is 13.8 Å². The molecule has 118 valence electrons. The number of hydrogen-bond donors (Lipinski definition) is 2. The van der Waals surface area contributed by atoms with E-state index in [2.05, 4.69) is 19.2 Å². The van der Waals surface area contributed by atoms with Crippen LogP contribution >= 0.6 is 0 Å². The van der Waals surface area contributed by atoms with Gasteiger partial charge in [-0.25, -0.2) is 0 Å². The molecule has 0 saturated heterocycles. The average molecular weight is 283 g/mol.